The zero-order valence-electron chi connectivity index (χ0n) is 11.1. The van der Waals surface area contributed by atoms with Crippen LogP contribution < -0.4 is 0 Å². The highest BCUT2D eigenvalue weighted by Crippen LogP contribution is 2.57. The lowest BCUT2D eigenvalue weighted by atomic mass is 9.91. The molecule has 4 rings (SSSR count). The van der Waals surface area contributed by atoms with E-state index in [1.165, 1.54) is 5.57 Å². The summed E-state index contributed by atoms with van der Waals surface area (Å²) in [5.74, 6) is 0.694. The first-order chi connectivity index (χ1) is 9.12. The number of furan rings is 1. The summed E-state index contributed by atoms with van der Waals surface area (Å²) in [5, 5.41) is 0. The van der Waals surface area contributed by atoms with Crippen molar-refractivity contribution in [3.05, 3.63) is 34.8 Å². The number of epoxide rings is 1. The largest absolute Gasteiger partial charge is 0.468 e. The normalized spacial score (nSPS) is 38.8. The maximum atomic E-state index is 12.1. The molecule has 0 spiro atoms. The Bertz CT molecular complexity index is 597. The predicted octanol–water partition coefficient (Wildman–Crippen LogP) is 2.61. The minimum absolute atomic E-state index is 0.123. The maximum Gasteiger partial charge on any atom is 0.342 e. The zero-order chi connectivity index (χ0) is 13.2. The van der Waals surface area contributed by atoms with E-state index >= 15 is 0 Å². The van der Waals surface area contributed by atoms with Gasteiger partial charge in [-0.3, -0.25) is 0 Å². The van der Waals surface area contributed by atoms with Gasteiger partial charge < -0.3 is 13.9 Å². The molecule has 2 aliphatic heterocycles. The van der Waals surface area contributed by atoms with E-state index in [0.717, 1.165) is 36.1 Å². The number of hydrogen-bond acceptors (Lipinski definition) is 4. The Balaban J connectivity index is 1.85. The van der Waals surface area contributed by atoms with Gasteiger partial charge in [0.1, 0.15) is 11.9 Å². The Hall–Kier alpha value is -1.55. The van der Waals surface area contributed by atoms with E-state index in [1.807, 2.05) is 6.92 Å². The Kier molecular flexibility index (Phi) is 2.09. The van der Waals surface area contributed by atoms with Crippen LogP contribution >= 0.6 is 0 Å². The fraction of sp³-hybridized carbons (Fsp3) is 0.533. The lowest BCUT2D eigenvalue weighted by molar-refractivity contribution is -0.154. The highest BCUT2D eigenvalue weighted by molar-refractivity contribution is 5.87. The molecule has 0 unspecified atom stereocenters. The monoisotopic (exact) mass is 260 g/mol. The summed E-state index contributed by atoms with van der Waals surface area (Å²) in [6.07, 6.45) is 5.84. The molecule has 0 aromatic carbocycles. The summed E-state index contributed by atoms with van der Waals surface area (Å²) in [7, 11) is 0. The van der Waals surface area contributed by atoms with Crippen LogP contribution in [0.5, 0.6) is 0 Å². The van der Waals surface area contributed by atoms with Crippen LogP contribution in [0.15, 0.2) is 22.3 Å². The minimum atomic E-state index is -0.681. The summed E-state index contributed by atoms with van der Waals surface area (Å²) in [4.78, 5) is 12.1. The first kappa shape index (κ1) is 11.3. The molecule has 4 nitrogen and oxygen atoms in total. The highest BCUT2D eigenvalue weighted by atomic mass is 16.7. The van der Waals surface area contributed by atoms with E-state index in [9.17, 15) is 4.79 Å². The van der Waals surface area contributed by atoms with Crippen molar-refractivity contribution in [2.24, 2.45) is 0 Å². The summed E-state index contributed by atoms with van der Waals surface area (Å²) >= 11 is 0. The fourth-order valence-electron chi connectivity index (χ4n) is 3.34. The smallest absolute Gasteiger partial charge is 0.342 e. The lowest BCUT2D eigenvalue weighted by Crippen LogP contribution is -2.22. The topological polar surface area (TPSA) is 52.0 Å². The Morgan fingerprint density at radius 1 is 1.37 bits per heavy atom. The van der Waals surface area contributed by atoms with E-state index in [1.54, 1.807) is 6.26 Å². The molecular formula is C15H16O4. The SMILES string of the molecule is C/C1=C\CC[C@@]23O[C@@H]2[C@H](OC3=O)c2c(C)coc2C1. The van der Waals surface area contributed by atoms with Crippen molar-refractivity contribution < 1.29 is 18.7 Å². The van der Waals surface area contributed by atoms with Crippen LogP contribution in [0.2, 0.25) is 0 Å². The minimum Gasteiger partial charge on any atom is -0.468 e. The Labute approximate surface area is 111 Å². The molecule has 0 amide bonds. The summed E-state index contributed by atoms with van der Waals surface area (Å²) < 4.78 is 16.9. The number of allylic oxidation sites excluding steroid dienone is 2. The zero-order valence-corrected chi connectivity index (χ0v) is 11.1. The molecule has 3 heterocycles. The van der Waals surface area contributed by atoms with E-state index in [2.05, 4.69) is 13.0 Å². The number of ether oxygens (including phenoxy) is 2. The molecule has 3 atom stereocenters. The molecule has 0 N–H and O–H groups in total. The lowest BCUT2D eigenvalue weighted by Gasteiger charge is -2.13. The Morgan fingerprint density at radius 2 is 2.21 bits per heavy atom. The quantitative estimate of drug-likeness (QED) is 0.409. The second kappa shape index (κ2) is 3.51. The third-order valence-corrected chi connectivity index (χ3v) is 4.43. The second-order valence-electron chi connectivity index (χ2n) is 5.78. The molecule has 0 radical (unpaired) electrons. The number of fused-ring (bicyclic) bond motifs is 2. The van der Waals surface area contributed by atoms with E-state index < -0.39 is 5.60 Å². The van der Waals surface area contributed by atoms with Crippen molar-refractivity contribution >= 4 is 5.97 Å². The average Bonchev–Trinajstić information content (AvgIpc) is 2.91. The van der Waals surface area contributed by atoms with Crippen LogP contribution in [0.3, 0.4) is 0 Å². The van der Waals surface area contributed by atoms with Gasteiger partial charge in [-0.1, -0.05) is 11.6 Å². The van der Waals surface area contributed by atoms with Crippen molar-refractivity contribution in [1.82, 2.24) is 0 Å². The molecule has 3 aliphatic rings. The van der Waals surface area contributed by atoms with Gasteiger partial charge in [0, 0.05) is 12.0 Å². The number of hydrogen-bond donors (Lipinski definition) is 0. The van der Waals surface area contributed by atoms with Gasteiger partial charge in [0.15, 0.2) is 11.7 Å². The number of carbonyl (C=O) groups excluding carboxylic acids is 1. The van der Waals surface area contributed by atoms with Crippen molar-refractivity contribution in [1.29, 1.82) is 0 Å². The second-order valence-corrected chi connectivity index (χ2v) is 5.78. The van der Waals surface area contributed by atoms with Crippen molar-refractivity contribution in [2.75, 3.05) is 0 Å². The molecule has 100 valence electrons. The molecule has 19 heavy (non-hydrogen) atoms. The van der Waals surface area contributed by atoms with Crippen LogP contribution in [-0.2, 0) is 20.7 Å². The van der Waals surface area contributed by atoms with Gasteiger partial charge >= 0.3 is 5.97 Å². The van der Waals surface area contributed by atoms with Gasteiger partial charge in [0.05, 0.1) is 6.26 Å². The highest BCUT2D eigenvalue weighted by Gasteiger charge is 2.73. The number of carbonyl (C=O) groups is 1. The van der Waals surface area contributed by atoms with Gasteiger partial charge in [-0.15, -0.1) is 0 Å². The predicted molar refractivity (Wildman–Crippen MR) is 66.6 cm³/mol. The van der Waals surface area contributed by atoms with Gasteiger partial charge in [0.2, 0.25) is 0 Å². The van der Waals surface area contributed by atoms with Gasteiger partial charge in [0.25, 0.3) is 0 Å². The van der Waals surface area contributed by atoms with Gasteiger partial charge in [-0.05, 0) is 32.3 Å². The average molecular weight is 260 g/mol. The van der Waals surface area contributed by atoms with Crippen LogP contribution in [0, 0.1) is 6.92 Å². The van der Waals surface area contributed by atoms with Gasteiger partial charge in [-0.25, -0.2) is 4.79 Å². The molecule has 0 saturated carbocycles. The molecular weight excluding hydrogens is 244 g/mol. The number of rotatable bonds is 0. The molecule has 2 saturated heterocycles. The van der Waals surface area contributed by atoms with Crippen molar-refractivity contribution in [2.45, 2.75) is 50.9 Å². The van der Waals surface area contributed by atoms with E-state index in [4.69, 9.17) is 13.9 Å². The van der Waals surface area contributed by atoms with Crippen molar-refractivity contribution in [3.63, 3.8) is 0 Å². The van der Waals surface area contributed by atoms with Gasteiger partial charge in [-0.2, -0.15) is 0 Å². The van der Waals surface area contributed by atoms with Crippen LogP contribution in [0.1, 0.15) is 42.8 Å². The molecule has 1 aromatic heterocycles. The third-order valence-electron chi connectivity index (χ3n) is 4.43. The summed E-state index contributed by atoms with van der Waals surface area (Å²) in [6.45, 7) is 4.08. The van der Waals surface area contributed by atoms with E-state index in [-0.39, 0.29) is 18.2 Å². The molecule has 2 fully saturated rings. The summed E-state index contributed by atoms with van der Waals surface area (Å²) in [5.41, 5.74) is 2.62. The van der Waals surface area contributed by atoms with E-state index in [0.29, 0.717) is 0 Å². The summed E-state index contributed by atoms with van der Waals surface area (Å²) in [6, 6.07) is 0. The van der Waals surface area contributed by atoms with Crippen molar-refractivity contribution in [3.8, 4) is 0 Å². The number of aryl methyl sites for hydroxylation is 1. The first-order valence-corrected chi connectivity index (χ1v) is 6.73. The maximum absolute atomic E-state index is 12.1. The van der Waals surface area contributed by atoms with Crippen LogP contribution in [0.4, 0.5) is 0 Å². The molecule has 4 heteroatoms. The van der Waals surface area contributed by atoms with Crippen LogP contribution in [-0.4, -0.2) is 17.7 Å². The standard InChI is InChI=1S/C15H16O4/c1-8-4-3-5-15-13(19-15)12(18-14(15)16)11-9(2)7-17-10(11)6-8/h4,7,12-13H,3,5-6H2,1-2H3/b8-4+/t12-,13-,15-/m1/s1. The third kappa shape index (κ3) is 1.40. The molecule has 1 aliphatic carbocycles. The molecule has 1 aromatic rings. The number of esters is 1. The Morgan fingerprint density at radius 3 is 3.00 bits per heavy atom. The first-order valence-electron chi connectivity index (χ1n) is 6.73. The van der Waals surface area contributed by atoms with Crippen LogP contribution in [0.25, 0.3) is 0 Å². The fourth-order valence-corrected chi connectivity index (χ4v) is 3.34. The molecule has 2 bridgehead atoms.